The van der Waals surface area contributed by atoms with E-state index in [0.717, 1.165) is 35.7 Å². The van der Waals surface area contributed by atoms with Gasteiger partial charge in [0.05, 0.1) is 6.33 Å². The van der Waals surface area contributed by atoms with E-state index < -0.39 is 0 Å². The first-order chi connectivity index (χ1) is 15.7. The van der Waals surface area contributed by atoms with E-state index in [1.165, 1.54) is 17.3 Å². The van der Waals surface area contributed by atoms with Crippen LogP contribution in [0.1, 0.15) is 17.6 Å². The second-order valence-electron chi connectivity index (χ2n) is 8.51. The van der Waals surface area contributed by atoms with Crippen molar-refractivity contribution in [2.24, 2.45) is 18.9 Å². The lowest BCUT2D eigenvalue weighted by atomic mass is 10.2. The molecule has 0 spiro atoms. The number of imidazole rings is 1. The molecule has 2 fully saturated rings. The number of hydrogen-bond donors (Lipinski definition) is 0. The monoisotopic (exact) mass is 430 g/mol. The Hall–Kier alpha value is -4.02. The Labute approximate surface area is 180 Å². The zero-order chi connectivity index (χ0) is 21.4. The number of nitrogens with zero attached hydrogens (tertiary/aromatic N) is 8. The van der Waals surface area contributed by atoms with Crippen molar-refractivity contribution >= 4 is 28.0 Å². The molecule has 7 rings (SSSR count). The van der Waals surface area contributed by atoms with Crippen LogP contribution in [0.5, 0.6) is 0 Å². The number of aryl methyl sites for hydroxylation is 1. The molecule has 1 saturated heterocycles. The van der Waals surface area contributed by atoms with Crippen LogP contribution in [-0.2, 0) is 13.6 Å². The van der Waals surface area contributed by atoms with Gasteiger partial charge in [-0.05, 0) is 24.0 Å². The predicted octanol–water partition coefficient (Wildman–Crippen LogP) is 1.55. The molecule has 5 aromatic rings. The van der Waals surface area contributed by atoms with Crippen molar-refractivity contribution in [1.82, 2.24) is 34.2 Å². The number of piperidine rings is 1. The van der Waals surface area contributed by atoms with Gasteiger partial charge in [-0.3, -0.25) is 9.36 Å². The van der Waals surface area contributed by atoms with Gasteiger partial charge in [-0.1, -0.05) is 5.16 Å². The number of anilines is 1. The highest BCUT2D eigenvalue weighted by Crippen LogP contribution is 2.58. The van der Waals surface area contributed by atoms with Gasteiger partial charge in [0.1, 0.15) is 18.4 Å². The molecule has 1 aliphatic carbocycles. The smallest absolute Gasteiger partial charge is 0.280 e. The first-order valence-electron chi connectivity index (χ1n) is 10.4. The van der Waals surface area contributed by atoms with Gasteiger partial charge in [-0.2, -0.15) is 4.98 Å². The molecule has 2 aliphatic rings. The summed E-state index contributed by atoms with van der Waals surface area (Å²) in [5, 5.41) is 4.21. The number of rotatable bonds is 4. The normalized spacial score (nSPS) is 22.2. The van der Waals surface area contributed by atoms with E-state index in [1.807, 2.05) is 12.1 Å². The number of aromatic nitrogens is 7. The summed E-state index contributed by atoms with van der Waals surface area (Å²) >= 11 is 0. The molecule has 2 atom stereocenters. The molecule has 1 aromatic carbocycles. The topological polar surface area (TPSA) is 121 Å². The average Bonchev–Trinajstić information content (AvgIpc) is 3.38. The molecule has 0 amide bonds. The van der Waals surface area contributed by atoms with Crippen molar-refractivity contribution in [3.05, 3.63) is 59.3 Å². The highest BCUT2D eigenvalue weighted by atomic mass is 16.5. The molecule has 1 aliphatic heterocycles. The predicted molar refractivity (Wildman–Crippen MR) is 112 cm³/mol. The third kappa shape index (κ3) is 2.53. The lowest BCUT2D eigenvalue weighted by Gasteiger charge is -2.21. The molecule has 0 N–H and O–H groups in total. The fourth-order valence-electron chi connectivity index (χ4n) is 4.96. The molecular weight excluding hydrogens is 412 g/mol. The zero-order valence-electron chi connectivity index (χ0n) is 17.1. The molecule has 1 saturated carbocycles. The van der Waals surface area contributed by atoms with Gasteiger partial charge < -0.3 is 18.4 Å². The van der Waals surface area contributed by atoms with Crippen LogP contribution in [0.3, 0.4) is 0 Å². The first kappa shape index (κ1) is 17.6. The van der Waals surface area contributed by atoms with E-state index in [4.69, 9.17) is 8.94 Å². The Kier molecular flexibility index (Phi) is 3.45. The van der Waals surface area contributed by atoms with Crippen molar-refractivity contribution in [2.75, 3.05) is 18.0 Å². The Bertz CT molecular complexity index is 1530. The number of benzene rings is 1. The van der Waals surface area contributed by atoms with Crippen molar-refractivity contribution in [2.45, 2.75) is 12.5 Å². The van der Waals surface area contributed by atoms with E-state index in [2.05, 4.69) is 36.1 Å². The van der Waals surface area contributed by atoms with E-state index in [1.54, 1.807) is 17.9 Å². The summed E-state index contributed by atoms with van der Waals surface area (Å²) < 4.78 is 14.0. The molecule has 5 heterocycles. The summed E-state index contributed by atoms with van der Waals surface area (Å²) in [6, 6.07) is 6.11. The van der Waals surface area contributed by atoms with Gasteiger partial charge in [-0.25, -0.2) is 15.0 Å². The number of hydrogen-bond acceptors (Lipinski definition) is 9. The second-order valence-corrected chi connectivity index (χ2v) is 8.51. The molecule has 2 unspecified atom stereocenters. The van der Waals surface area contributed by atoms with Gasteiger partial charge in [0.25, 0.3) is 5.56 Å². The molecule has 4 aromatic heterocycles. The molecule has 11 nitrogen and oxygen atoms in total. The SMILES string of the molecule is Cn1cnc2ncn(Cc3nc(C4C5CN(c6ccc7ncoc7c6)CC54)no3)c(=O)c21. The maximum absolute atomic E-state index is 12.7. The summed E-state index contributed by atoms with van der Waals surface area (Å²) in [5.74, 6) is 2.43. The molecule has 0 bridgehead atoms. The minimum absolute atomic E-state index is 0.183. The summed E-state index contributed by atoms with van der Waals surface area (Å²) in [6.45, 7) is 2.07. The lowest BCUT2D eigenvalue weighted by molar-refractivity contribution is 0.363. The van der Waals surface area contributed by atoms with Gasteiger partial charge in [0, 0.05) is 37.8 Å². The Morgan fingerprint density at radius 1 is 1.12 bits per heavy atom. The number of fused-ring (bicyclic) bond motifs is 3. The second kappa shape index (κ2) is 6.25. The Morgan fingerprint density at radius 3 is 2.84 bits per heavy atom. The van der Waals surface area contributed by atoms with Crippen LogP contribution in [0.15, 0.2) is 51.0 Å². The van der Waals surface area contributed by atoms with Crippen LogP contribution in [-0.4, -0.2) is 47.3 Å². The third-order valence-electron chi connectivity index (χ3n) is 6.66. The molecule has 160 valence electrons. The van der Waals surface area contributed by atoms with Crippen molar-refractivity contribution in [3.8, 4) is 0 Å². The lowest BCUT2D eigenvalue weighted by Crippen LogP contribution is -2.23. The van der Waals surface area contributed by atoms with Crippen molar-refractivity contribution < 1.29 is 8.94 Å². The Morgan fingerprint density at radius 2 is 1.97 bits per heavy atom. The molecule has 0 radical (unpaired) electrons. The van der Waals surface area contributed by atoms with Gasteiger partial charge in [0.15, 0.2) is 29.0 Å². The zero-order valence-corrected chi connectivity index (χ0v) is 17.1. The quantitative estimate of drug-likeness (QED) is 0.418. The summed E-state index contributed by atoms with van der Waals surface area (Å²) in [7, 11) is 1.77. The maximum Gasteiger partial charge on any atom is 0.280 e. The van der Waals surface area contributed by atoms with Crippen molar-refractivity contribution in [1.29, 1.82) is 0 Å². The molecular formula is C21H18N8O3. The van der Waals surface area contributed by atoms with Crippen LogP contribution in [0.25, 0.3) is 22.3 Å². The molecule has 32 heavy (non-hydrogen) atoms. The van der Waals surface area contributed by atoms with E-state index in [0.29, 0.717) is 34.8 Å². The van der Waals surface area contributed by atoms with Crippen LogP contribution in [0.2, 0.25) is 0 Å². The average molecular weight is 430 g/mol. The minimum atomic E-state index is -0.183. The first-order valence-corrected chi connectivity index (χ1v) is 10.4. The summed E-state index contributed by atoms with van der Waals surface area (Å²) in [4.78, 5) is 32.2. The van der Waals surface area contributed by atoms with Gasteiger partial charge in [-0.15, -0.1) is 0 Å². The Balaban J connectivity index is 1.07. The van der Waals surface area contributed by atoms with Crippen LogP contribution < -0.4 is 10.5 Å². The van der Waals surface area contributed by atoms with Crippen molar-refractivity contribution in [3.63, 3.8) is 0 Å². The minimum Gasteiger partial charge on any atom is -0.443 e. The largest absolute Gasteiger partial charge is 0.443 e. The summed E-state index contributed by atoms with van der Waals surface area (Å²) in [5.41, 5.74) is 3.51. The van der Waals surface area contributed by atoms with E-state index in [-0.39, 0.29) is 12.1 Å². The fraction of sp³-hybridized carbons (Fsp3) is 0.333. The third-order valence-corrected chi connectivity index (χ3v) is 6.66. The van der Waals surface area contributed by atoms with Crippen LogP contribution in [0.4, 0.5) is 5.69 Å². The maximum atomic E-state index is 12.7. The van der Waals surface area contributed by atoms with Crippen LogP contribution >= 0.6 is 0 Å². The standard InChI is InChI=1S/C21H18N8O3/c1-27-8-22-20-18(27)21(30)29(9-23-20)7-16-25-19(26-32-16)17-12-5-28(6-13(12)17)11-2-3-14-15(4-11)31-10-24-14/h2-4,8-10,12-13,17H,5-7H2,1H3. The molecule has 11 heteroatoms. The van der Waals surface area contributed by atoms with Gasteiger partial charge >= 0.3 is 0 Å². The van der Waals surface area contributed by atoms with E-state index >= 15 is 0 Å². The summed E-state index contributed by atoms with van der Waals surface area (Å²) in [6.07, 6.45) is 4.52. The fourth-order valence-corrected chi connectivity index (χ4v) is 4.96. The highest BCUT2D eigenvalue weighted by molar-refractivity contribution is 5.77. The highest BCUT2D eigenvalue weighted by Gasteiger charge is 2.58. The van der Waals surface area contributed by atoms with Crippen LogP contribution in [0, 0.1) is 11.8 Å². The number of oxazole rings is 1. The van der Waals surface area contributed by atoms with E-state index in [9.17, 15) is 4.79 Å². The van der Waals surface area contributed by atoms with Gasteiger partial charge in [0.2, 0.25) is 5.89 Å².